The first-order valence-corrected chi connectivity index (χ1v) is 6.90. The lowest BCUT2D eigenvalue weighted by Gasteiger charge is -2.26. The molecule has 1 fully saturated rings. The van der Waals surface area contributed by atoms with Crippen molar-refractivity contribution in [2.45, 2.75) is 13.5 Å². The van der Waals surface area contributed by atoms with Gasteiger partial charge in [0.05, 0.1) is 19.3 Å². The lowest BCUT2D eigenvalue weighted by atomic mass is 10.4. The number of nitrogens with zero attached hydrogens (tertiary/aromatic N) is 4. The van der Waals surface area contributed by atoms with Gasteiger partial charge in [0.1, 0.15) is 6.61 Å². The summed E-state index contributed by atoms with van der Waals surface area (Å²) in [6, 6.07) is 0. The fraction of sp³-hybridized carbons (Fsp3) is 0.667. The van der Waals surface area contributed by atoms with Crippen LogP contribution in [0, 0.1) is 0 Å². The summed E-state index contributed by atoms with van der Waals surface area (Å²) in [5.74, 6) is -0.512. The highest BCUT2D eigenvalue weighted by molar-refractivity contribution is 5.86. The van der Waals surface area contributed by atoms with Gasteiger partial charge in [0.2, 0.25) is 0 Å². The van der Waals surface area contributed by atoms with Gasteiger partial charge in [0.15, 0.2) is 5.69 Å². The van der Waals surface area contributed by atoms with Crippen LogP contribution in [0.1, 0.15) is 17.4 Å². The molecule has 1 amide bonds. The van der Waals surface area contributed by atoms with Gasteiger partial charge in [-0.3, -0.25) is 0 Å². The standard InChI is InChI=1S/C12H19N5O4/c1-2-20-11(18)10-9-17(15-14-10)7-8-21-12(19)16-5-3-13-4-6-16/h9,13H,2-8H2,1H3. The third-order valence-electron chi connectivity index (χ3n) is 2.94. The van der Waals surface area contributed by atoms with E-state index in [1.54, 1.807) is 11.8 Å². The van der Waals surface area contributed by atoms with Crippen LogP contribution in [0.3, 0.4) is 0 Å². The van der Waals surface area contributed by atoms with E-state index in [9.17, 15) is 9.59 Å². The van der Waals surface area contributed by atoms with Crippen LogP contribution in [-0.2, 0) is 16.0 Å². The number of carbonyl (C=O) groups is 2. The van der Waals surface area contributed by atoms with Gasteiger partial charge in [-0.1, -0.05) is 5.21 Å². The lowest BCUT2D eigenvalue weighted by molar-refractivity contribution is 0.0519. The van der Waals surface area contributed by atoms with Gasteiger partial charge < -0.3 is 19.7 Å². The van der Waals surface area contributed by atoms with Crippen molar-refractivity contribution in [1.29, 1.82) is 0 Å². The summed E-state index contributed by atoms with van der Waals surface area (Å²) in [6.45, 7) is 5.37. The molecule has 0 saturated carbocycles. The Morgan fingerprint density at radius 2 is 2.10 bits per heavy atom. The number of carbonyl (C=O) groups excluding carboxylic acids is 2. The van der Waals surface area contributed by atoms with Crippen LogP contribution in [0.4, 0.5) is 4.79 Å². The first-order valence-electron chi connectivity index (χ1n) is 6.90. The maximum absolute atomic E-state index is 11.7. The minimum absolute atomic E-state index is 0.144. The monoisotopic (exact) mass is 297 g/mol. The number of aromatic nitrogens is 3. The zero-order chi connectivity index (χ0) is 15.1. The van der Waals surface area contributed by atoms with Crippen LogP contribution in [0.2, 0.25) is 0 Å². The number of amides is 1. The highest BCUT2D eigenvalue weighted by Crippen LogP contribution is 1.99. The van der Waals surface area contributed by atoms with Crippen LogP contribution in [0.5, 0.6) is 0 Å². The van der Waals surface area contributed by atoms with E-state index in [-0.39, 0.29) is 25.0 Å². The quantitative estimate of drug-likeness (QED) is 0.731. The molecule has 0 bridgehead atoms. The normalized spacial score (nSPS) is 14.8. The van der Waals surface area contributed by atoms with Crippen LogP contribution >= 0.6 is 0 Å². The van der Waals surface area contributed by atoms with Gasteiger partial charge in [-0.05, 0) is 6.92 Å². The number of hydrogen-bond donors (Lipinski definition) is 1. The second-order valence-electron chi connectivity index (χ2n) is 4.44. The summed E-state index contributed by atoms with van der Waals surface area (Å²) in [5, 5.41) is 10.6. The maximum atomic E-state index is 11.7. The average molecular weight is 297 g/mol. The van der Waals surface area contributed by atoms with Crippen molar-refractivity contribution in [2.24, 2.45) is 0 Å². The molecule has 1 aliphatic heterocycles. The number of nitrogens with one attached hydrogen (secondary N) is 1. The van der Waals surface area contributed by atoms with Gasteiger partial charge >= 0.3 is 12.1 Å². The van der Waals surface area contributed by atoms with Gasteiger partial charge in [0, 0.05) is 26.2 Å². The summed E-state index contributed by atoms with van der Waals surface area (Å²) in [5.41, 5.74) is 0.144. The Hall–Kier alpha value is -2.16. The molecule has 1 saturated heterocycles. The van der Waals surface area contributed by atoms with Gasteiger partial charge in [0.25, 0.3) is 0 Å². The minimum atomic E-state index is -0.512. The van der Waals surface area contributed by atoms with E-state index in [0.717, 1.165) is 13.1 Å². The summed E-state index contributed by atoms with van der Waals surface area (Å²) in [4.78, 5) is 24.8. The fourth-order valence-electron chi connectivity index (χ4n) is 1.87. The molecule has 0 aliphatic carbocycles. The van der Waals surface area contributed by atoms with Crippen molar-refractivity contribution in [2.75, 3.05) is 39.4 Å². The average Bonchev–Trinajstić information content (AvgIpc) is 2.97. The van der Waals surface area contributed by atoms with Gasteiger partial charge in [-0.25, -0.2) is 14.3 Å². The molecule has 1 N–H and O–H groups in total. The predicted octanol–water partition coefficient (Wildman–Crippen LogP) is -0.503. The molecule has 9 nitrogen and oxygen atoms in total. The summed E-state index contributed by atoms with van der Waals surface area (Å²) >= 11 is 0. The molecule has 1 aliphatic rings. The molecule has 116 valence electrons. The zero-order valence-electron chi connectivity index (χ0n) is 11.9. The molecule has 2 rings (SSSR count). The molecule has 9 heteroatoms. The van der Waals surface area contributed by atoms with Crippen molar-refractivity contribution in [3.8, 4) is 0 Å². The summed E-state index contributed by atoms with van der Waals surface area (Å²) < 4.78 is 11.4. The van der Waals surface area contributed by atoms with Gasteiger partial charge in [-0.15, -0.1) is 5.10 Å². The van der Waals surface area contributed by atoms with E-state index in [0.29, 0.717) is 19.6 Å². The van der Waals surface area contributed by atoms with E-state index < -0.39 is 5.97 Å². The molecule has 21 heavy (non-hydrogen) atoms. The van der Waals surface area contributed by atoms with E-state index in [4.69, 9.17) is 9.47 Å². The van der Waals surface area contributed by atoms with E-state index in [1.807, 2.05) is 0 Å². The SMILES string of the molecule is CCOC(=O)c1cn(CCOC(=O)N2CCNCC2)nn1. The second kappa shape index (κ2) is 7.58. The topological polar surface area (TPSA) is 98.6 Å². The Morgan fingerprint density at radius 3 is 2.81 bits per heavy atom. The Bertz CT molecular complexity index is 484. The molecular weight excluding hydrogens is 278 g/mol. The van der Waals surface area contributed by atoms with Crippen molar-refractivity contribution < 1.29 is 19.1 Å². The summed E-state index contributed by atoms with van der Waals surface area (Å²) in [6.07, 6.45) is 1.14. The third kappa shape index (κ3) is 4.42. The molecule has 0 radical (unpaired) electrons. The fourth-order valence-corrected chi connectivity index (χ4v) is 1.87. The molecule has 1 aromatic heterocycles. The van der Waals surface area contributed by atoms with Crippen LogP contribution in [0.25, 0.3) is 0 Å². The van der Waals surface area contributed by atoms with Crippen molar-refractivity contribution in [3.05, 3.63) is 11.9 Å². The van der Waals surface area contributed by atoms with Crippen molar-refractivity contribution in [1.82, 2.24) is 25.2 Å². The second-order valence-corrected chi connectivity index (χ2v) is 4.44. The molecule has 1 aromatic rings. The maximum Gasteiger partial charge on any atom is 0.409 e. The number of ether oxygens (including phenoxy) is 2. The van der Waals surface area contributed by atoms with E-state index >= 15 is 0 Å². The summed E-state index contributed by atoms with van der Waals surface area (Å²) in [7, 11) is 0. The minimum Gasteiger partial charge on any atom is -0.461 e. The van der Waals surface area contributed by atoms with Gasteiger partial charge in [-0.2, -0.15) is 0 Å². The Balaban J connectivity index is 1.73. The molecular formula is C12H19N5O4. The molecule has 0 unspecified atom stereocenters. The smallest absolute Gasteiger partial charge is 0.409 e. The number of esters is 1. The largest absolute Gasteiger partial charge is 0.461 e. The molecule has 0 aromatic carbocycles. The zero-order valence-corrected chi connectivity index (χ0v) is 11.9. The third-order valence-corrected chi connectivity index (χ3v) is 2.94. The van der Waals surface area contributed by atoms with Crippen molar-refractivity contribution in [3.63, 3.8) is 0 Å². The van der Waals surface area contributed by atoms with E-state index in [2.05, 4.69) is 15.6 Å². The highest BCUT2D eigenvalue weighted by atomic mass is 16.6. The molecule has 0 atom stereocenters. The number of hydrogen-bond acceptors (Lipinski definition) is 7. The molecule has 0 spiro atoms. The van der Waals surface area contributed by atoms with Crippen LogP contribution in [0.15, 0.2) is 6.20 Å². The Morgan fingerprint density at radius 1 is 1.33 bits per heavy atom. The van der Waals surface area contributed by atoms with Crippen LogP contribution < -0.4 is 5.32 Å². The Labute approximate surface area is 122 Å². The first-order chi connectivity index (χ1) is 10.2. The number of rotatable bonds is 5. The highest BCUT2D eigenvalue weighted by Gasteiger charge is 2.17. The predicted molar refractivity (Wildman–Crippen MR) is 71.8 cm³/mol. The lowest BCUT2D eigenvalue weighted by Crippen LogP contribution is -2.46. The van der Waals surface area contributed by atoms with Crippen LogP contribution in [-0.4, -0.2) is 71.3 Å². The first kappa shape index (κ1) is 15.2. The number of piperazine rings is 1. The molecule has 2 heterocycles. The van der Waals surface area contributed by atoms with Crippen molar-refractivity contribution >= 4 is 12.1 Å². The Kier molecular flexibility index (Phi) is 5.50. The van der Waals surface area contributed by atoms with E-state index in [1.165, 1.54) is 10.9 Å².